The predicted octanol–water partition coefficient (Wildman–Crippen LogP) is -1.15. The first-order chi connectivity index (χ1) is 9.87. The van der Waals surface area contributed by atoms with Crippen molar-refractivity contribution in [2.45, 2.75) is 32.8 Å². The fraction of sp³-hybridized carbons (Fsp3) is 0.692. The van der Waals surface area contributed by atoms with Crippen molar-refractivity contribution in [3.05, 3.63) is 9.75 Å². The van der Waals surface area contributed by atoms with Crippen LogP contribution in [0.3, 0.4) is 0 Å². The Bertz CT molecular complexity index is 584. The van der Waals surface area contributed by atoms with Crippen LogP contribution in [0, 0.1) is 13.8 Å². The second kappa shape index (κ2) is 8.86. The van der Waals surface area contributed by atoms with Crippen molar-refractivity contribution in [2.24, 2.45) is 0 Å². The molecule has 0 fully saturated rings. The molecule has 0 spiro atoms. The number of hydrogen-bond acceptors (Lipinski definition) is 7. The van der Waals surface area contributed by atoms with Crippen molar-refractivity contribution >= 4 is 21.5 Å². The molecule has 1 aliphatic rings. The summed E-state index contributed by atoms with van der Waals surface area (Å²) < 4.78 is 48.3. The SMILES string of the molecule is Cc1sc(C)c2c1OCC(COCCCCS(=O)(=O)[O-])O2.[Na+]. The van der Waals surface area contributed by atoms with E-state index < -0.39 is 10.1 Å². The maximum atomic E-state index is 10.4. The Labute approximate surface area is 157 Å². The van der Waals surface area contributed by atoms with Crippen molar-refractivity contribution in [3.8, 4) is 11.5 Å². The van der Waals surface area contributed by atoms with Crippen LogP contribution in [0.1, 0.15) is 22.6 Å². The zero-order valence-electron chi connectivity index (χ0n) is 13.1. The summed E-state index contributed by atoms with van der Waals surface area (Å²) in [6, 6.07) is 0. The number of thiophene rings is 1. The summed E-state index contributed by atoms with van der Waals surface area (Å²) in [5.74, 6) is 1.29. The van der Waals surface area contributed by atoms with Crippen LogP contribution in [-0.4, -0.2) is 44.6 Å². The van der Waals surface area contributed by atoms with Crippen molar-refractivity contribution in [1.29, 1.82) is 0 Å². The van der Waals surface area contributed by atoms with E-state index in [-0.39, 0.29) is 41.4 Å². The second-order valence-corrected chi connectivity index (χ2v) is 7.92. The summed E-state index contributed by atoms with van der Waals surface area (Å²) in [5, 5.41) is 0. The fourth-order valence-corrected chi connectivity index (χ4v) is 3.60. The average Bonchev–Trinajstić information content (AvgIpc) is 2.68. The molecule has 22 heavy (non-hydrogen) atoms. The summed E-state index contributed by atoms with van der Waals surface area (Å²) in [4.78, 5) is 2.20. The minimum atomic E-state index is -4.12. The number of ether oxygens (including phenoxy) is 3. The third-order valence-corrected chi connectivity index (χ3v) is 4.86. The summed E-state index contributed by atoms with van der Waals surface area (Å²) in [6.07, 6.45) is 0.700. The molecule has 1 atom stereocenters. The molecule has 2 heterocycles. The standard InChI is InChI=1S/C13H20O6S2.Na/c1-9-12-13(10(2)20-9)19-11(8-18-12)7-17-5-3-4-6-21(14,15)16;/h11H,3-8H2,1-2H3,(H,14,15,16);/q;+1/p-1. The monoisotopic (exact) mass is 358 g/mol. The zero-order chi connectivity index (χ0) is 15.5. The van der Waals surface area contributed by atoms with E-state index in [0.29, 0.717) is 32.7 Å². The summed E-state index contributed by atoms with van der Waals surface area (Å²) in [5.41, 5.74) is 0. The van der Waals surface area contributed by atoms with Crippen LogP contribution in [0.25, 0.3) is 0 Å². The van der Waals surface area contributed by atoms with Gasteiger partial charge in [-0.3, -0.25) is 0 Å². The molecule has 1 aromatic rings. The topological polar surface area (TPSA) is 84.9 Å². The van der Waals surface area contributed by atoms with E-state index >= 15 is 0 Å². The third-order valence-electron chi connectivity index (χ3n) is 3.09. The molecular weight excluding hydrogens is 339 g/mol. The number of rotatable bonds is 7. The largest absolute Gasteiger partial charge is 1.00 e. The van der Waals surface area contributed by atoms with Crippen LogP contribution in [0.4, 0.5) is 0 Å². The summed E-state index contributed by atoms with van der Waals surface area (Å²) in [6.45, 7) is 5.23. The smallest absolute Gasteiger partial charge is 0.748 e. The Hall–Kier alpha value is 0.170. The molecule has 0 radical (unpaired) electrons. The number of unbranched alkanes of at least 4 members (excludes halogenated alkanes) is 1. The van der Waals surface area contributed by atoms with E-state index in [2.05, 4.69) is 0 Å². The average molecular weight is 358 g/mol. The molecule has 6 nitrogen and oxygen atoms in total. The first-order valence-corrected chi connectivity index (χ1v) is 9.17. The van der Waals surface area contributed by atoms with Gasteiger partial charge in [-0.2, -0.15) is 0 Å². The van der Waals surface area contributed by atoms with Crippen LogP contribution >= 0.6 is 11.3 Å². The Morgan fingerprint density at radius 1 is 1.27 bits per heavy atom. The van der Waals surface area contributed by atoms with Crippen molar-refractivity contribution < 1.29 is 56.7 Å². The number of fused-ring (bicyclic) bond motifs is 1. The Morgan fingerprint density at radius 3 is 2.64 bits per heavy atom. The van der Waals surface area contributed by atoms with Gasteiger partial charge in [-0.15, -0.1) is 11.3 Å². The van der Waals surface area contributed by atoms with Crippen LogP contribution in [0.2, 0.25) is 0 Å². The molecule has 0 aromatic carbocycles. The molecule has 1 aliphatic heterocycles. The van der Waals surface area contributed by atoms with Gasteiger partial charge in [-0.25, -0.2) is 8.42 Å². The van der Waals surface area contributed by atoms with E-state index in [4.69, 9.17) is 14.2 Å². The minimum Gasteiger partial charge on any atom is -0.748 e. The zero-order valence-corrected chi connectivity index (χ0v) is 16.7. The molecule has 0 saturated carbocycles. The summed E-state index contributed by atoms with van der Waals surface area (Å²) in [7, 11) is -4.12. The molecule has 1 aromatic heterocycles. The minimum absolute atomic E-state index is 0. The number of hydrogen-bond donors (Lipinski definition) is 0. The maximum absolute atomic E-state index is 10.4. The van der Waals surface area contributed by atoms with Gasteiger partial charge in [0.05, 0.1) is 16.7 Å². The van der Waals surface area contributed by atoms with Crippen LogP contribution in [-0.2, 0) is 14.9 Å². The molecule has 120 valence electrons. The van der Waals surface area contributed by atoms with Gasteiger partial charge in [0, 0.05) is 22.1 Å². The molecule has 0 amide bonds. The van der Waals surface area contributed by atoms with Gasteiger partial charge in [0.15, 0.2) is 17.6 Å². The molecule has 1 unspecified atom stereocenters. The molecular formula is C13H19NaO6S2. The van der Waals surface area contributed by atoms with Gasteiger partial charge in [0.1, 0.15) is 6.61 Å². The van der Waals surface area contributed by atoms with Gasteiger partial charge in [-0.1, -0.05) is 0 Å². The molecule has 9 heteroatoms. The fourth-order valence-electron chi connectivity index (χ4n) is 2.10. The molecule has 0 aliphatic carbocycles. The number of aryl methyl sites for hydroxylation is 2. The van der Waals surface area contributed by atoms with Crippen molar-refractivity contribution in [2.75, 3.05) is 25.6 Å². The molecule has 0 bridgehead atoms. The van der Waals surface area contributed by atoms with Crippen LogP contribution in [0.15, 0.2) is 0 Å². The van der Waals surface area contributed by atoms with Gasteiger partial charge in [0.2, 0.25) is 0 Å². The van der Waals surface area contributed by atoms with E-state index in [1.807, 2.05) is 13.8 Å². The maximum Gasteiger partial charge on any atom is 1.00 e. The van der Waals surface area contributed by atoms with E-state index in [1.165, 1.54) is 0 Å². The van der Waals surface area contributed by atoms with Gasteiger partial charge in [0.25, 0.3) is 0 Å². The first kappa shape index (κ1) is 20.2. The van der Waals surface area contributed by atoms with E-state index in [0.717, 1.165) is 21.3 Å². The normalized spacial score (nSPS) is 17.1. The van der Waals surface area contributed by atoms with Crippen molar-refractivity contribution in [3.63, 3.8) is 0 Å². The third kappa shape index (κ3) is 5.99. The second-order valence-electron chi connectivity index (χ2n) is 4.97. The Balaban J connectivity index is 0.00000242. The first-order valence-electron chi connectivity index (χ1n) is 6.77. The molecule has 0 N–H and O–H groups in total. The van der Waals surface area contributed by atoms with Gasteiger partial charge >= 0.3 is 29.6 Å². The Morgan fingerprint density at radius 2 is 1.95 bits per heavy atom. The molecule has 0 saturated heterocycles. The van der Waals surface area contributed by atoms with Gasteiger partial charge in [-0.05, 0) is 26.7 Å². The Kier molecular flexibility index (Phi) is 8.15. The predicted molar refractivity (Wildman–Crippen MR) is 78.3 cm³/mol. The van der Waals surface area contributed by atoms with Crippen molar-refractivity contribution in [1.82, 2.24) is 0 Å². The summed E-state index contributed by atoms with van der Waals surface area (Å²) >= 11 is 1.65. The quantitative estimate of drug-likeness (QED) is 0.348. The van der Waals surface area contributed by atoms with E-state index in [9.17, 15) is 13.0 Å². The van der Waals surface area contributed by atoms with Crippen LogP contribution in [0.5, 0.6) is 11.5 Å². The van der Waals surface area contributed by atoms with E-state index in [1.54, 1.807) is 11.3 Å². The van der Waals surface area contributed by atoms with Crippen LogP contribution < -0.4 is 39.0 Å². The van der Waals surface area contributed by atoms with Gasteiger partial charge < -0.3 is 18.8 Å². The molecule has 2 rings (SSSR count).